The van der Waals surface area contributed by atoms with Crippen molar-refractivity contribution in [2.45, 2.75) is 19.8 Å². The second kappa shape index (κ2) is 4.12. The van der Waals surface area contributed by atoms with E-state index in [2.05, 4.69) is 10.2 Å². The molecule has 0 saturated carbocycles. The minimum absolute atomic E-state index is 0.0107. The summed E-state index contributed by atoms with van der Waals surface area (Å²) in [6, 6.07) is 2.21. The zero-order valence-electron chi connectivity index (χ0n) is 9.37. The van der Waals surface area contributed by atoms with Crippen molar-refractivity contribution in [1.82, 2.24) is 10.2 Å². The molecule has 0 bridgehead atoms. The van der Waals surface area contributed by atoms with Gasteiger partial charge < -0.3 is 10.2 Å². The summed E-state index contributed by atoms with van der Waals surface area (Å²) in [5, 5.41) is 7.33. The van der Waals surface area contributed by atoms with E-state index in [1.165, 1.54) is 0 Å². The number of halogens is 2. The first-order valence-electron chi connectivity index (χ1n) is 5.08. The van der Waals surface area contributed by atoms with E-state index in [1.807, 2.05) is 13.8 Å². The third-order valence-corrected chi connectivity index (χ3v) is 2.27. The summed E-state index contributed by atoms with van der Waals surface area (Å²) in [4.78, 5) is 0. The van der Waals surface area contributed by atoms with Gasteiger partial charge in [0.1, 0.15) is 11.4 Å². The van der Waals surface area contributed by atoms with Gasteiger partial charge in [0.15, 0.2) is 5.82 Å². The van der Waals surface area contributed by atoms with E-state index in [0.717, 1.165) is 12.1 Å². The molecule has 17 heavy (non-hydrogen) atoms. The monoisotopic (exact) mass is 239 g/mol. The molecule has 1 aromatic heterocycles. The van der Waals surface area contributed by atoms with Gasteiger partial charge in [0.25, 0.3) is 5.89 Å². The van der Waals surface area contributed by atoms with Gasteiger partial charge in [-0.3, -0.25) is 0 Å². The van der Waals surface area contributed by atoms with Crippen LogP contribution in [0.4, 0.5) is 14.5 Å². The predicted octanol–water partition coefficient (Wildman–Crippen LogP) is 2.72. The third-order valence-electron chi connectivity index (χ3n) is 2.27. The fraction of sp³-hybridized carbons (Fsp3) is 0.273. The lowest BCUT2D eigenvalue weighted by Crippen LogP contribution is -1.96. The molecule has 0 saturated heterocycles. The SMILES string of the molecule is CC(C)c1nnc(-c2c(F)ccc(N)c2F)o1. The molecule has 90 valence electrons. The lowest BCUT2D eigenvalue weighted by Gasteiger charge is -2.02. The Morgan fingerprint density at radius 2 is 1.94 bits per heavy atom. The van der Waals surface area contributed by atoms with Crippen LogP contribution in [0.3, 0.4) is 0 Å². The second-order valence-corrected chi connectivity index (χ2v) is 3.93. The van der Waals surface area contributed by atoms with Gasteiger partial charge in [0, 0.05) is 5.92 Å². The smallest absolute Gasteiger partial charge is 0.253 e. The molecular weight excluding hydrogens is 228 g/mol. The largest absolute Gasteiger partial charge is 0.420 e. The van der Waals surface area contributed by atoms with E-state index < -0.39 is 11.6 Å². The number of hydrogen-bond donors (Lipinski definition) is 1. The van der Waals surface area contributed by atoms with Gasteiger partial charge in [0.2, 0.25) is 5.89 Å². The molecule has 1 aromatic carbocycles. The van der Waals surface area contributed by atoms with E-state index in [-0.39, 0.29) is 23.1 Å². The zero-order valence-corrected chi connectivity index (χ0v) is 9.37. The predicted molar refractivity (Wildman–Crippen MR) is 58.2 cm³/mol. The van der Waals surface area contributed by atoms with Crippen LogP contribution in [0.1, 0.15) is 25.7 Å². The Morgan fingerprint density at radius 3 is 2.53 bits per heavy atom. The number of benzene rings is 1. The maximum atomic E-state index is 13.7. The second-order valence-electron chi connectivity index (χ2n) is 3.93. The molecule has 1 heterocycles. The van der Waals surface area contributed by atoms with Gasteiger partial charge in [-0.1, -0.05) is 13.8 Å². The van der Waals surface area contributed by atoms with Crippen LogP contribution in [0.5, 0.6) is 0 Å². The highest BCUT2D eigenvalue weighted by Crippen LogP contribution is 2.29. The topological polar surface area (TPSA) is 64.9 Å². The van der Waals surface area contributed by atoms with E-state index in [0.29, 0.717) is 5.89 Å². The molecule has 6 heteroatoms. The molecule has 0 amide bonds. The fourth-order valence-corrected chi connectivity index (χ4v) is 1.33. The maximum Gasteiger partial charge on any atom is 0.253 e. The Labute approximate surface area is 96.5 Å². The number of nitrogens with two attached hydrogens (primary N) is 1. The lowest BCUT2D eigenvalue weighted by molar-refractivity contribution is 0.473. The highest BCUT2D eigenvalue weighted by Gasteiger charge is 2.20. The van der Waals surface area contributed by atoms with E-state index in [1.54, 1.807) is 0 Å². The van der Waals surface area contributed by atoms with Crippen LogP contribution in [0.25, 0.3) is 11.5 Å². The quantitative estimate of drug-likeness (QED) is 0.818. The van der Waals surface area contributed by atoms with Crippen molar-refractivity contribution in [2.24, 2.45) is 0 Å². The summed E-state index contributed by atoms with van der Waals surface area (Å²) in [5.41, 5.74) is 4.82. The fourth-order valence-electron chi connectivity index (χ4n) is 1.33. The molecule has 2 rings (SSSR count). The Morgan fingerprint density at radius 1 is 1.24 bits per heavy atom. The first-order chi connectivity index (χ1) is 8.00. The summed E-state index contributed by atoms with van der Waals surface area (Å²) in [6.45, 7) is 3.67. The summed E-state index contributed by atoms with van der Waals surface area (Å²) in [6.07, 6.45) is 0. The van der Waals surface area contributed by atoms with Crippen molar-refractivity contribution in [3.05, 3.63) is 29.7 Å². The molecule has 0 aliphatic rings. The number of hydrogen-bond acceptors (Lipinski definition) is 4. The third kappa shape index (κ3) is 1.98. The van der Waals surface area contributed by atoms with Gasteiger partial charge in [-0.05, 0) is 12.1 Å². The number of nitrogens with zero attached hydrogens (tertiary/aromatic N) is 2. The standard InChI is InChI=1S/C11H11F2N3O/c1-5(2)10-15-16-11(17-10)8-6(12)3-4-7(14)9(8)13/h3-5H,14H2,1-2H3. The summed E-state index contributed by atoms with van der Waals surface area (Å²) < 4.78 is 32.4. The number of rotatable bonds is 2. The molecule has 0 aliphatic heterocycles. The molecule has 2 aromatic rings. The van der Waals surface area contributed by atoms with E-state index in [9.17, 15) is 8.78 Å². The average Bonchev–Trinajstić information content (AvgIpc) is 2.73. The van der Waals surface area contributed by atoms with Gasteiger partial charge in [0.05, 0.1) is 5.69 Å². The van der Waals surface area contributed by atoms with Gasteiger partial charge in [-0.25, -0.2) is 8.78 Å². The van der Waals surface area contributed by atoms with Gasteiger partial charge >= 0.3 is 0 Å². The maximum absolute atomic E-state index is 13.7. The van der Waals surface area contributed by atoms with Crippen LogP contribution < -0.4 is 5.73 Å². The normalized spacial score (nSPS) is 11.1. The molecule has 0 spiro atoms. The molecule has 0 radical (unpaired) electrons. The van der Waals surface area contributed by atoms with Crippen LogP contribution in [0.2, 0.25) is 0 Å². The molecule has 4 nitrogen and oxygen atoms in total. The highest BCUT2D eigenvalue weighted by molar-refractivity contribution is 5.61. The molecule has 0 atom stereocenters. The molecule has 0 unspecified atom stereocenters. The van der Waals surface area contributed by atoms with Crippen LogP contribution in [-0.4, -0.2) is 10.2 Å². The first kappa shape index (κ1) is 11.5. The van der Waals surface area contributed by atoms with E-state index in [4.69, 9.17) is 10.2 Å². The molecule has 0 fully saturated rings. The van der Waals surface area contributed by atoms with Crippen molar-refractivity contribution in [1.29, 1.82) is 0 Å². The van der Waals surface area contributed by atoms with Crippen molar-refractivity contribution in [2.75, 3.05) is 5.73 Å². The zero-order chi connectivity index (χ0) is 12.6. The first-order valence-corrected chi connectivity index (χ1v) is 5.08. The summed E-state index contributed by atoms with van der Waals surface area (Å²) >= 11 is 0. The van der Waals surface area contributed by atoms with Crippen molar-refractivity contribution in [3.8, 4) is 11.5 Å². The minimum Gasteiger partial charge on any atom is -0.420 e. The summed E-state index contributed by atoms with van der Waals surface area (Å²) in [7, 11) is 0. The molecule has 2 N–H and O–H groups in total. The van der Waals surface area contributed by atoms with Crippen LogP contribution in [-0.2, 0) is 0 Å². The Bertz CT molecular complexity index is 552. The van der Waals surface area contributed by atoms with Crippen molar-refractivity contribution < 1.29 is 13.2 Å². The number of aromatic nitrogens is 2. The van der Waals surface area contributed by atoms with Gasteiger partial charge in [-0.2, -0.15) is 0 Å². The number of nitrogen functional groups attached to an aromatic ring is 1. The molecular formula is C11H11F2N3O. The Balaban J connectivity index is 2.56. The van der Waals surface area contributed by atoms with Gasteiger partial charge in [-0.15, -0.1) is 10.2 Å². The summed E-state index contributed by atoms with van der Waals surface area (Å²) in [5.74, 6) is -1.56. The Hall–Kier alpha value is -1.98. The lowest BCUT2D eigenvalue weighted by atomic mass is 10.1. The Kier molecular flexibility index (Phi) is 2.79. The highest BCUT2D eigenvalue weighted by atomic mass is 19.1. The van der Waals surface area contributed by atoms with Crippen LogP contribution in [0.15, 0.2) is 16.5 Å². The van der Waals surface area contributed by atoms with Crippen molar-refractivity contribution >= 4 is 5.69 Å². The van der Waals surface area contributed by atoms with Crippen LogP contribution in [0, 0.1) is 11.6 Å². The minimum atomic E-state index is -0.885. The van der Waals surface area contributed by atoms with Crippen molar-refractivity contribution in [3.63, 3.8) is 0 Å². The van der Waals surface area contributed by atoms with E-state index >= 15 is 0 Å². The van der Waals surface area contributed by atoms with Crippen LogP contribution >= 0.6 is 0 Å². The number of anilines is 1. The molecule has 0 aliphatic carbocycles. The average molecular weight is 239 g/mol.